The van der Waals surface area contributed by atoms with Crippen LogP contribution in [0.25, 0.3) is 11.4 Å². The molecule has 25 heavy (non-hydrogen) atoms. The van der Waals surface area contributed by atoms with E-state index in [0.29, 0.717) is 22.5 Å². The van der Waals surface area contributed by atoms with Crippen molar-refractivity contribution in [1.82, 2.24) is 10.1 Å². The summed E-state index contributed by atoms with van der Waals surface area (Å²) in [6.45, 7) is 3.93. The molecule has 0 atom stereocenters. The quantitative estimate of drug-likeness (QED) is 0.627. The first-order valence-electron chi connectivity index (χ1n) is 8.45. The van der Waals surface area contributed by atoms with E-state index in [1.165, 1.54) is 5.56 Å². The minimum Gasteiger partial charge on any atom is -0.489 e. The molecule has 0 radical (unpaired) electrons. The average molecular weight is 355 g/mol. The lowest BCUT2D eigenvalue weighted by molar-refractivity contribution is 0.242. The Morgan fingerprint density at radius 3 is 2.52 bits per heavy atom. The molecule has 0 spiro atoms. The van der Waals surface area contributed by atoms with Crippen molar-refractivity contribution in [2.75, 3.05) is 0 Å². The van der Waals surface area contributed by atoms with Gasteiger partial charge in [-0.3, -0.25) is 0 Å². The number of halogens is 1. The molecule has 3 aromatic rings. The third-order valence-electron chi connectivity index (χ3n) is 4.46. The van der Waals surface area contributed by atoms with Gasteiger partial charge in [-0.25, -0.2) is 0 Å². The third kappa shape index (κ3) is 3.02. The molecule has 0 unspecified atom stereocenters. The molecule has 2 aromatic carbocycles. The van der Waals surface area contributed by atoms with Gasteiger partial charge in [0, 0.05) is 5.56 Å². The van der Waals surface area contributed by atoms with Crippen molar-refractivity contribution < 1.29 is 9.26 Å². The van der Waals surface area contributed by atoms with E-state index in [9.17, 15) is 0 Å². The Hall–Kier alpha value is -2.33. The average Bonchev–Trinajstić information content (AvgIpc) is 3.27. The van der Waals surface area contributed by atoms with Crippen LogP contribution in [0.2, 0.25) is 5.02 Å². The van der Waals surface area contributed by atoms with Gasteiger partial charge in [0.15, 0.2) is 0 Å². The molecule has 128 valence electrons. The predicted octanol–water partition coefficient (Wildman–Crippen LogP) is 5.26. The Morgan fingerprint density at radius 2 is 1.88 bits per heavy atom. The first-order valence-corrected chi connectivity index (χ1v) is 8.82. The van der Waals surface area contributed by atoms with Crippen molar-refractivity contribution in [3.63, 3.8) is 0 Å². The van der Waals surface area contributed by atoms with Gasteiger partial charge in [-0.2, -0.15) is 4.98 Å². The third-order valence-corrected chi connectivity index (χ3v) is 4.76. The normalized spacial score (nSPS) is 15.4. The van der Waals surface area contributed by atoms with E-state index in [2.05, 4.69) is 22.3 Å². The largest absolute Gasteiger partial charge is 0.489 e. The molecule has 1 aromatic heterocycles. The van der Waals surface area contributed by atoms with Crippen molar-refractivity contribution in [3.05, 3.63) is 65.0 Å². The fourth-order valence-corrected chi connectivity index (χ4v) is 3.26. The number of ether oxygens (including phenoxy) is 1. The summed E-state index contributed by atoms with van der Waals surface area (Å²) in [6, 6.07) is 15.9. The number of benzene rings is 2. The second-order valence-electron chi connectivity index (χ2n) is 6.68. The molecule has 4 nitrogen and oxygen atoms in total. The van der Waals surface area contributed by atoms with E-state index >= 15 is 0 Å². The van der Waals surface area contributed by atoms with Crippen LogP contribution in [-0.4, -0.2) is 16.2 Å². The van der Waals surface area contributed by atoms with Crippen molar-refractivity contribution in [2.24, 2.45) is 0 Å². The van der Waals surface area contributed by atoms with Crippen LogP contribution in [0.1, 0.15) is 38.1 Å². The van der Waals surface area contributed by atoms with Gasteiger partial charge < -0.3 is 9.26 Å². The Morgan fingerprint density at radius 1 is 1.12 bits per heavy atom. The molecule has 5 heteroatoms. The van der Waals surface area contributed by atoms with Crippen molar-refractivity contribution in [2.45, 2.75) is 38.2 Å². The molecule has 0 amide bonds. The lowest BCUT2D eigenvalue weighted by atomic mass is 9.96. The first kappa shape index (κ1) is 16.2. The maximum absolute atomic E-state index is 6.32. The molecule has 4 rings (SSSR count). The molecule has 0 saturated heterocycles. The van der Waals surface area contributed by atoms with E-state index in [4.69, 9.17) is 20.9 Å². The monoisotopic (exact) mass is 354 g/mol. The molecule has 1 saturated carbocycles. The molecular weight excluding hydrogens is 336 g/mol. The zero-order valence-corrected chi connectivity index (χ0v) is 15.0. The standard InChI is InChI=1S/C20H19ClN2O2/c1-13(2)24-17-9-8-14(12-16(17)21)18-22-19(25-23-18)20(10-11-20)15-6-4-3-5-7-15/h3-9,12-13H,10-11H2,1-2H3. The highest BCUT2D eigenvalue weighted by atomic mass is 35.5. The second-order valence-corrected chi connectivity index (χ2v) is 7.09. The van der Waals surface area contributed by atoms with Crippen LogP contribution in [0.3, 0.4) is 0 Å². The summed E-state index contributed by atoms with van der Waals surface area (Å²) in [4.78, 5) is 4.65. The Labute approximate surface area is 151 Å². The smallest absolute Gasteiger partial charge is 0.237 e. The van der Waals surface area contributed by atoms with Crippen LogP contribution in [-0.2, 0) is 5.41 Å². The summed E-state index contributed by atoms with van der Waals surface area (Å²) in [5, 5.41) is 4.71. The van der Waals surface area contributed by atoms with Gasteiger partial charge in [0.25, 0.3) is 0 Å². The Bertz CT molecular complexity index is 886. The van der Waals surface area contributed by atoms with Gasteiger partial charge in [0.05, 0.1) is 16.5 Å². The van der Waals surface area contributed by atoms with E-state index in [1.807, 2.05) is 50.2 Å². The molecule has 0 aliphatic heterocycles. The molecule has 1 heterocycles. The highest BCUT2D eigenvalue weighted by Crippen LogP contribution is 2.53. The van der Waals surface area contributed by atoms with Crippen molar-refractivity contribution in [3.8, 4) is 17.1 Å². The molecule has 1 aliphatic carbocycles. The SMILES string of the molecule is CC(C)Oc1ccc(-c2noc(C3(c4ccccc4)CC3)n2)cc1Cl. The maximum Gasteiger partial charge on any atom is 0.237 e. The van der Waals surface area contributed by atoms with Crippen LogP contribution < -0.4 is 4.74 Å². The lowest BCUT2D eigenvalue weighted by Gasteiger charge is -2.11. The number of rotatable bonds is 5. The summed E-state index contributed by atoms with van der Waals surface area (Å²) < 4.78 is 11.3. The van der Waals surface area contributed by atoms with Gasteiger partial charge in [-0.05, 0) is 50.5 Å². The second kappa shape index (κ2) is 6.19. The maximum atomic E-state index is 6.32. The van der Waals surface area contributed by atoms with Gasteiger partial charge in [-0.15, -0.1) is 0 Å². The summed E-state index contributed by atoms with van der Waals surface area (Å²) in [6.07, 6.45) is 2.13. The van der Waals surface area contributed by atoms with Gasteiger partial charge in [0.2, 0.25) is 11.7 Å². The Balaban J connectivity index is 1.63. The first-order chi connectivity index (χ1) is 12.1. The topological polar surface area (TPSA) is 48.2 Å². The van der Waals surface area contributed by atoms with Crippen LogP contribution in [0.5, 0.6) is 5.75 Å². The van der Waals surface area contributed by atoms with Crippen LogP contribution in [0.15, 0.2) is 53.1 Å². The van der Waals surface area contributed by atoms with Crippen LogP contribution in [0.4, 0.5) is 0 Å². The van der Waals surface area contributed by atoms with Crippen LogP contribution in [0, 0.1) is 0 Å². The van der Waals surface area contributed by atoms with Crippen molar-refractivity contribution in [1.29, 1.82) is 0 Å². The fourth-order valence-electron chi connectivity index (χ4n) is 3.03. The number of hydrogen-bond acceptors (Lipinski definition) is 4. The highest BCUT2D eigenvalue weighted by Gasteiger charge is 2.50. The zero-order valence-electron chi connectivity index (χ0n) is 14.2. The van der Waals surface area contributed by atoms with Gasteiger partial charge >= 0.3 is 0 Å². The van der Waals surface area contributed by atoms with Crippen molar-refractivity contribution >= 4 is 11.6 Å². The van der Waals surface area contributed by atoms with E-state index in [1.54, 1.807) is 0 Å². The van der Waals surface area contributed by atoms with E-state index in [0.717, 1.165) is 18.4 Å². The number of nitrogens with zero attached hydrogens (tertiary/aromatic N) is 2. The minimum absolute atomic E-state index is 0.0701. The fraction of sp³-hybridized carbons (Fsp3) is 0.300. The van der Waals surface area contributed by atoms with Gasteiger partial charge in [-0.1, -0.05) is 47.1 Å². The van der Waals surface area contributed by atoms with E-state index < -0.39 is 0 Å². The highest BCUT2D eigenvalue weighted by molar-refractivity contribution is 6.32. The summed E-state index contributed by atoms with van der Waals surface area (Å²) in [5.74, 6) is 1.88. The van der Waals surface area contributed by atoms with E-state index in [-0.39, 0.29) is 11.5 Å². The molecule has 1 fully saturated rings. The molecular formula is C20H19ClN2O2. The summed E-state index contributed by atoms with van der Waals surface area (Å²) in [5.41, 5.74) is 1.92. The minimum atomic E-state index is -0.128. The lowest BCUT2D eigenvalue weighted by Crippen LogP contribution is -2.08. The molecule has 0 bridgehead atoms. The summed E-state index contributed by atoms with van der Waals surface area (Å²) >= 11 is 6.32. The van der Waals surface area contributed by atoms with Crippen LogP contribution >= 0.6 is 11.6 Å². The Kier molecular flexibility index (Phi) is 4.00. The summed E-state index contributed by atoms with van der Waals surface area (Å²) in [7, 11) is 0. The van der Waals surface area contributed by atoms with Gasteiger partial charge in [0.1, 0.15) is 5.75 Å². The predicted molar refractivity (Wildman–Crippen MR) is 97.0 cm³/mol. The molecule has 0 N–H and O–H groups in total. The number of hydrogen-bond donors (Lipinski definition) is 0. The molecule has 1 aliphatic rings. The zero-order chi connectivity index (χ0) is 17.4. The number of aromatic nitrogens is 2.